The molecule has 1 fully saturated rings. The molecule has 2 aliphatic heterocycles. The maximum absolute atomic E-state index is 13.1. The van der Waals surface area contributed by atoms with E-state index in [4.69, 9.17) is 4.74 Å². The van der Waals surface area contributed by atoms with Gasteiger partial charge in [0.2, 0.25) is 11.8 Å². The van der Waals surface area contributed by atoms with Gasteiger partial charge in [0.05, 0.1) is 37.1 Å². The Hall–Kier alpha value is -3.39. The minimum atomic E-state index is -1.08. The van der Waals surface area contributed by atoms with Crippen molar-refractivity contribution in [3.05, 3.63) is 53.6 Å². The predicted molar refractivity (Wildman–Crippen MR) is 116 cm³/mol. The molecule has 2 aromatic carbocycles. The number of carboxylic acid groups (broad SMARTS) is 1. The molecule has 31 heavy (non-hydrogen) atoms. The molecule has 0 bridgehead atoms. The largest absolute Gasteiger partial charge is 0.496 e. The number of benzene rings is 2. The summed E-state index contributed by atoms with van der Waals surface area (Å²) in [6.07, 6.45) is 2.11. The van der Waals surface area contributed by atoms with Gasteiger partial charge in [0.1, 0.15) is 12.3 Å². The molecule has 162 valence electrons. The van der Waals surface area contributed by atoms with Crippen molar-refractivity contribution in [2.24, 2.45) is 0 Å². The molecule has 0 unspecified atom stereocenters. The summed E-state index contributed by atoms with van der Waals surface area (Å²) < 4.78 is 5.41. The van der Waals surface area contributed by atoms with Gasteiger partial charge in [-0.2, -0.15) is 0 Å². The zero-order chi connectivity index (χ0) is 22.0. The second-order valence-electron chi connectivity index (χ2n) is 7.76. The van der Waals surface area contributed by atoms with Crippen LogP contribution in [0.2, 0.25) is 0 Å². The maximum Gasteiger partial charge on any atom is 0.335 e. The van der Waals surface area contributed by atoms with Gasteiger partial charge in [0, 0.05) is 5.56 Å². The van der Waals surface area contributed by atoms with Crippen LogP contribution in [-0.4, -0.2) is 61.1 Å². The van der Waals surface area contributed by atoms with Gasteiger partial charge >= 0.3 is 5.97 Å². The molecule has 4 rings (SSSR count). The zero-order valence-corrected chi connectivity index (χ0v) is 17.4. The molecular formula is C23H25N3O5. The van der Waals surface area contributed by atoms with Gasteiger partial charge in [0.15, 0.2) is 0 Å². The van der Waals surface area contributed by atoms with Crippen molar-refractivity contribution in [3.8, 4) is 5.75 Å². The van der Waals surface area contributed by atoms with Crippen LogP contribution in [0.25, 0.3) is 0 Å². The van der Waals surface area contributed by atoms with Crippen LogP contribution < -0.4 is 14.5 Å². The van der Waals surface area contributed by atoms with Crippen molar-refractivity contribution in [2.75, 3.05) is 43.1 Å². The number of carbonyl (C=O) groups excluding carboxylic acids is 2. The maximum atomic E-state index is 13.1. The first-order chi connectivity index (χ1) is 15.0. The third kappa shape index (κ3) is 4.25. The van der Waals surface area contributed by atoms with Gasteiger partial charge in [-0.25, -0.2) is 4.79 Å². The summed E-state index contributed by atoms with van der Waals surface area (Å²) in [6, 6.07) is 12.0. The lowest BCUT2D eigenvalue weighted by molar-refractivity contribution is -0.123. The van der Waals surface area contributed by atoms with Crippen LogP contribution in [0.5, 0.6) is 5.75 Å². The van der Waals surface area contributed by atoms with Crippen LogP contribution in [-0.2, 0) is 16.1 Å². The fourth-order valence-corrected chi connectivity index (χ4v) is 4.16. The highest BCUT2D eigenvalue weighted by molar-refractivity contribution is 6.12. The minimum absolute atomic E-state index is 0.0734. The van der Waals surface area contributed by atoms with Crippen LogP contribution in [0.3, 0.4) is 0 Å². The number of ether oxygens (including phenoxy) is 1. The van der Waals surface area contributed by atoms with E-state index in [1.807, 2.05) is 24.3 Å². The standard InChI is InChI=1S/C23H25N3O5/c1-31-20-7-3-2-6-17(20)13-25-18-9-8-16(23(29)30)12-19(18)26(15-22(25)28)21(27)14-24-10-4-5-11-24/h2-3,6-9,12H,4-5,10-11,13-15H2,1H3,(H,29,30). The summed E-state index contributed by atoms with van der Waals surface area (Å²) in [4.78, 5) is 42.8. The van der Waals surface area contributed by atoms with E-state index in [0.717, 1.165) is 31.5 Å². The van der Waals surface area contributed by atoms with Crippen LogP contribution in [0.15, 0.2) is 42.5 Å². The molecule has 1 saturated heterocycles. The lowest BCUT2D eigenvalue weighted by Crippen LogP contribution is -2.50. The van der Waals surface area contributed by atoms with Crippen molar-refractivity contribution >= 4 is 29.2 Å². The average molecular weight is 423 g/mol. The first-order valence-electron chi connectivity index (χ1n) is 10.3. The minimum Gasteiger partial charge on any atom is -0.496 e. The number of likely N-dealkylation sites (tertiary alicyclic amines) is 1. The molecule has 0 aromatic heterocycles. The molecule has 8 heteroatoms. The van der Waals surface area contributed by atoms with Crippen LogP contribution in [0, 0.1) is 0 Å². The molecule has 0 saturated carbocycles. The van der Waals surface area contributed by atoms with Gasteiger partial charge in [-0.15, -0.1) is 0 Å². The first-order valence-corrected chi connectivity index (χ1v) is 10.3. The Balaban J connectivity index is 1.69. The summed E-state index contributed by atoms with van der Waals surface area (Å²) in [5.41, 5.74) is 1.85. The van der Waals surface area contributed by atoms with Crippen molar-refractivity contribution in [1.29, 1.82) is 0 Å². The molecule has 2 aromatic rings. The lowest BCUT2D eigenvalue weighted by atomic mass is 10.1. The van der Waals surface area contributed by atoms with E-state index < -0.39 is 5.97 Å². The number of nitrogens with zero attached hydrogens (tertiary/aromatic N) is 3. The van der Waals surface area contributed by atoms with Crippen LogP contribution in [0.4, 0.5) is 11.4 Å². The second-order valence-corrected chi connectivity index (χ2v) is 7.76. The van der Waals surface area contributed by atoms with Gasteiger partial charge < -0.3 is 14.7 Å². The monoisotopic (exact) mass is 423 g/mol. The van der Waals surface area contributed by atoms with E-state index in [-0.39, 0.29) is 37.0 Å². The molecule has 0 aliphatic carbocycles. The number of aromatic carboxylic acids is 1. The van der Waals surface area contributed by atoms with Gasteiger partial charge in [-0.1, -0.05) is 18.2 Å². The summed E-state index contributed by atoms with van der Waals surface area (Å²) in [7, 11) is 1.57. The Morgan fingerprint density at radius 2 is 1.81 bits per heavy atom. The van der Waals surface area contributed by atoms with E-state index in [0.29, 0.717) is 17.1 Å². The van der Waals surface area contributed by atoms with Gasteiger partial charge in [-0.3, -0.25) is 19.4 Å². The Labute approximate surface area is 180 Å². The number of rotatable bonds is 6. The van der Waals surface area contributed by atoms with Gasteiger partial charge in [-0.05, 0) is 50.2 Å². The Kier molecular flexibility index (Phi) is 5.90. The first kappa shape index (κ1) is 20.9. The van der Waals surface area contributed by atoms with Crippen LogP contribution in [0.1, 0.15) is 28.8 Å². The highest BCUT2D eigenvalue weighted by Crippen LogP contribution is 2.36. The Bertz CT molecular complexity index is 1020. The third-order valence-corrected chi connectivity index (χ3v) is 5.78. The number of hydrogen-bond donors (Lipinski definition) is 1. The van der Waals surface area contributed by atoms with E-state index in [9.17, 15) is 19.5 Å². The Morgan fingerprint density at radius 3 is 2.52 bits per heavy atom. The van der Waals surface area contributed by atoms with Crippen molar-refractivity contribution in [2.45, 2.75) is 19.4 Å². The molecule has 2 aliphatic rings. The van der Waals surface area contributed by atoms with E-state index in [1.165, 1.54) is 17.0 Å². The SMILES string of the molecule is COc1ccccc1CN1C(=O)CN(C(=O)CN2CCCC2)c2cc(C(=O)O)ccc21. The second kappa shape index (κ2) is 8.77. The van der Waals surface area contributed by atoms with Crippen molar-refractivity contribution < 1.29 is 24.2 Å². The predicted octanol–water partition coefficient (Wildman–Crippen LogP) is 2.37. The Morgan fingerprint density at radius 1 is 1.06 bits per heavy atom. The van der Waals surface area contributed by atoms with E-state index >= 15 is 0 Å². The number of para-hydroxylation sites is 1. The summed E-state index contributed by atoms with van der Waals surface area (Å²) in [5, 5.41) is 9.45. The lowest BCUT2D eigenvalue weighted by Gasteiger charge is -2.37. The number of carboxylic acids is 1. The number of hydrogen-bond acceptors (Lipinski definition) is 5. The molecule has 8 nitrogen and oxygen atoms in total. The normalized spacial score (nSPS) is 16.4. The molecule has 0 atom stereocenters. The van der Waals surface area contributed by atoms with E-state index in [1.54, 1.807) is 18.1 Å². The van der Waals surface area contributed by atoms with E-state index in [2.05, 4.69) is 4.90 Å². The summed E-state index contributed by atoms with van der Waals surface area (Å²) in [5.74, 6) is -0.846. The fourth-order valence-electron chi connectivity index (χ4n) is 4.16. The van der Waals surface area contributed by atoms with Crippen molar-refractivity contribution in [3.63, 3.8) is 0 Å². The highest BCUT2D eigenvalue weighted by atomic mass is 16.5. The van der Waals surface area contributed by atoms with Crippen molar-refractivity contribution in [1.82, 2.24) is 4.90 Å². The molecule has 0 radical (unpaired) electrons. The number of carbonyl (C=O) groups is 3. The third-order valence-electron chi connectivity index (χ3n) is 5.78. The molecular weight excluding hydrogens is 398 g/mol. The van der Waals surface area contributed by atoms with Crippen LogP contribution >= 0.6 is 0 Å². The fraction of sp³-hybridized carbons (Fsp3) is 0.348. The summed E-state index contributed by atoms with van der Waals surface area (Å²) in [6.45, 7) is 2.07. The molecule has 0 spiro atoms. The molecule has 1 N–H and O–H groups in total. The number of anilines is 2. The topological polar surface area (TPSA) is 90.4 Å². The molecule has 2 heterocycles. The van der Waals surface area contributed by atoms with Gasteiger partial charge in [0.25, 0.3) is 0 Å². The average Bonchev–Trinajstić information content (AvgIpc) is 3.28. The smallest absolute Gasteiger partial charge is 0.335 e. The molecule has 2 amide bonds. The number of fused-ring (bicyclic) bond motifs is 1. The number of methoxy groups -OCH3 is 1. The number of amides is 2. The highest BCUT2D eigenvalue weighted by Gasteiger charge is 2.34. The zero-order valence-electron chi connectivity index (χ0n) is 17.4. The summed E-state index contributed by atoms with van der Waals surface area (Å²) >= 11 is 0. The quantitative estimate of drug-likeness (QED) is 0.767.